The summed E-state index contributed by atoms with van der Waals surface area (Å²) in [6.45, 7) is 4.21. The topological polar surface area (TPSA) is 19.4 Å². The Morgan fingerprint density at radius 2 is 1.68 bits per heavy atom. The third-order valence-corrected chi connectivity index (χ3v) is 6.48. The lowest BCUT2D eigenvalue weighted by Gasteiger charge is -2.40. The molecule has 1 aliphatic rings. The maximum absolute atomic E-state index is 4.58. The maximum Gasteiger partial charge on any atom is 0.0705 e. The molecule has 1 saturated heterocycles. The quantitative estimate of drug-likeness (QED) is 0.481. The number of pyridine rings is 1. The lowest BCUT2D eigenvalue weighted by atomic mass is 10.0. The molecule has 4 heteroatoms. The van der Waals surface area contributed by atoms with Crippen LogP contribution in [0, 0.1) is 0 Å². The molecule has 0 aliphatic carbocycles. The zero-order valence-corrected chi connectivity index (χ0v) is 16.6. The van der Waals surface area contributed by atoms with Crippen molar-refractivity contribution in [3.63, 3.8) is 0 Å². The second kappa shape index (κ2) is 7.74. The summed E-state index contributed by atoms with van der Waals surface area (Å²) < 4.78 is 0. The Morgan fingerprint density at radius 1 is 0.821 bits per heavy atom. The second-order valence-corrected chi connectivity index (χ2v) is 8.21. The molecule has 1 atom stereocenters. The van der Waals surface area contributed by atoms with Crippen molar-refractivity contribution in [3.8, 4) is 0 Å². The number of hydrogen-bond acceptors (Lipinski definition) is 4. The summed E-state index contributed by atoms with van der Waals surface area (Å²) in [6.07, 6.45) is 1.88. The molecule has 0 saturated carbocycles. The maximum atomic E-state index is 4.58. The molecule has 2 aromatic carbocycles. The smallest absolute Gasteiger partial charge is 0.0705 e. The third kappa shape index (κ3) is 3.41. The average molecular weight is 386 g/mol. The van der Waals surface area contributed by atoms with Gasteiger partial charge >= 0.3 is 0 Å². The van der Waals surface area contributed by atoms with E-state index in [1.807, 2.05) is 23.6 Å². The molecule has 0 N–H and O–H groups in total. The zero-order chi connectivity index (χ0) is 18.8. The van der Waals surface area contributed by atoms with E-state index in [1.165, 1.54) is 21.5 Å². The van der Waals surface area contributed by atoms with Gasteiger partial charge in [-0.3, -0.25) is 9.88 Å². The number of benzene rings is 2. The SMILES string of the molecule is c1ccc(N2CCN(C(c3ccc4cccnc4c3)c3cccs3)CC2)cc1. The van der Waals surface area contributed by atoms with Crippen molar-refractivity contribution in [3.05, 3.63) is 94.8 Å². The molecule has 3 nitrogen and oxygen atoms in total. The van der Waals surface area contributed by atoms with Gasteiger partial charge in [0.25, 0.3) is 0 Å². The summed E-state index contributed by atoms with van der Waals surface area (Å²) >= 11 is 1.85. The van der Waals surface area contributed by atoms with Gasteiger partial charge in [0.05, 0.1) is 11.6 Å². The van der Waals surface area contributed by atoms with Gasteiger partial charge < -0.3 is 4.90 Å². The standard InChI is InChI=1S/C24H23N3S/c1-2-7-21(8-3-1)26-13-15-27(16-14-26)24(23-9-5-17-28-23)20-11-10-19-6-4-12-25-22(19)18-20/h1-12,17-18,24H,13-16H2. The Morgan fingerprint density at radius 3 is 2.46 bits per heavy atom. The van der Waals surface area contributed by atoms with Gasteiger partial charge in [0.2, 0.25) is 0 Å². The van der Waals surface area contributed by atoms with Crippen LogP contribution in [0.1, 0.15) is 16.5 Å². The van der Waals surface area contributed by atoms with E-state index < -0.39 is 0 Å². The fourth-order valence-electron chi connectivity index (χ4n) is 4.13. The minimum Gasteiger partial charge on any atom is -0.369 e. The molecule has 4 aromatic rings. The normalized spacial score (nSPS) is 16.4. The lowest BCUT2D eigenvalue weighted by Crippen LogP contribution is -2.47. The summed E-state index contributed by atoms with van der Waals surface area (Å²) in [6, 6.07) is 26.4. The van der Waals surface area contributed by atoms with E-state index in [2.05, 4.69) is 86.9 Å². The minimum atomic E-state index is 0.296. The highest BCUT2D eigenvalue weighted by molar-refractivity contribution is 7.10. The molecule has 0 bridgehead atoms. The van der Waals surface area contributed by atoms with Gasteiger partial charge in [0, 0.05) is 48.3 Å². The van der Waals surface area contributed by atoms with Gasteiger partial charge in [-0.2, -0.15) is 0 Å². The molecule has 0 spiro atoms. The average Bonchev–Trinajstić information content (AvgIpc) is 3.29. The van der Waals surface area contributed by atoms with Gasteiger partial charge in [-0.25, -0.2) is 0 Å². The Kier molecular flexibility index (Phi) is 4.81. The molecular weight excluding hydrogens is 362 g/mol. The van der Waals surface area contributed by atoms with Crippen molar-refractivity contribution in [1.29, 1.82) is 0 Å². The van der Waals surface area contributed by atoms with Crippen molar-refractivity contribution in [2.75, 3.05) is 31.1 Å². The minimum absolute atomic E-state index is 0.296. The third-order valence-electron chi connectivity index (χ3n) is 5.56. The van der Waals surface area contributed by atoms with Gasteiger partial charge in [-0.15, -0.1) is 11.3 Å². The van der Waals surface area contributed by atoms with Gasteiger partial charge in [0.15, 0.2) is 0 Å². The molecule has 1 aliphatic heterocycles. The number of fused-ring (bicyclic) bond motifs is 1. The number of aromatic nitrogens is 1. The molecular formula is C24H23N3S. The van der Waals surface area contributed by atoms with Crippen LogP contribution < -0.4 is 4.90 Å². The van der Waals surface area contributed by atoms with Crippen LogP contribution in [0.25, 0.3) is 10.9 Å². The van der Waals surface area contributed by atoms with E-state index in [1.54, 1.807) is 0 Å². The number of hydrogen-bond donors (Lipinski definition) is 0. The fraction of sp³-hybridized carbons (Fsp3) is 0.208. The van der Waals surface area contributed by atoms with Crippen LogP contribution in [0.4, 0.5) is 5.69 Å². The molecule has 5 rings (SSSR count). The van der Waals surface area contributed by atoms with Gasteiger partial charge in [-0.05, 0) is 41.3 Å². The van der Waals surface area contributed by atoms with Gasteiger partial charge in [0.1, 0.15) is 0 Å². The van der Waals surface area contributed by atoms with Crippen LogP contribution in [-0.2, 0) is 0 Å². The number of nitrogens with zero attached hydrogens (tertiary/aromatic N) is 3. The fourth-order valence-corrected chi connectivity index (χ4v) is 5.02. The Bertz CT molecular complexity index is 1040. The van der Waals surface area contributed by atoms with Crippen LogP contribution in [-0.4, -0.2) is 36.1 Å². The number of thiophene rings is 1. The van der Waals surface area contributed by atoms with Crippen molar-refractivity contribution in [1.82, 2.24) is 9.88 Å². The first-order valence-electron chi connectivity index (χ1n) is 9.81. The van der Waals surface area contributed by atoms with Crippen molar-refractivity contribution in [2.24, 2.45) is 0 Å². The first-order valence-corrected chi connectivity index (χ1v) is 10.7. The number of piperazine rings is 1. The zero-order valence-electron chi connectivity index (χ0n) is 15.7. The highest BCUT2D eigenvalue weighted by Gasteiger charge is 2.27. The van der Waals surface area contributed by atoms with Crippen molar-refractivity contribution < 1.29 is 0 Å². The van der Waals surface area contributed by atoms with E-state index in [-0.39, 0.29) is 0 Å². The number of para-hydroxylation sites is 1. The summed E-state index contributed by atoms with van der Waals surface area (Å²) in [5, 5.41) is 3.38. The molecule has 1 fully saturated rings. The summed E-state index contributed by atoms with van der Waals surface area (Å²) in [4.78, 5) is 11.1. The first-order chi connectivity index (χ1) is 13.9. The molecule has 2 aromatic heterocycles. The monoisotopic (exact) mass is 385 g/mol. The summed E-state index contributed by atoms with van der Waals surface area (Å²) in [7, 11) is 0. The molecule has 3 heterocycles. The van der Waals surface area contributed by atoms with E-state index in [0.29, 0.717) is 6.04 Å². The molecule has 28 heavy (non-hydrogen) atoms. The predicted octanol–water partition coefficient (Wildman–Crippen LogP) is 5.21. The largest absolute Gasteiger partial charge is 0.369 e. The van der Waals surface area contributed by atoms with E-state index >= 15 is 0 Å². The Hall–Kier alpha value is -2.69. The van der Waals surface area contributed by atoms with Crippen LogP contribution in [0.2, 0.25) is 0 Å². The van der Waals surface area contributed by atoms with Crippen molar-refractivity contribution in [2.45, 2.75) is 6.04 Å². The highest BCUT2D eigenvalue weighted by Crippen LogP contribution is 2.34. The van der Waals surface area contributed by atoms with Crippen molar-refractivity contribution >= 4 is 27.9 Å². The van der Waals surface area contributed by atoms with E-state index in [4.69, 9.17) is 0 Å². The second-order valence-electron chi connectivity index (χ2n) is 7.23. The summed E-state index contributed by atoms with van der Waals surface area (Å²) in [5.41, 5.74) is 3.73. The number of anilines is 1. The van der Waals surface area contributed by atoms with E-state index in [0.717, 1.165) is 31.7 Å². The molecule has 140 valence electrons. The van der Waals surface area contributed by atoms with Crippen LogP contribution >= 0.6 is 11.3 Å². The first kappa shape index (κ1) is 17.4. The van der Waals surface area contributed by atoms with Gasteiger partial charge in [-0.1, -0.05) is 42.5 Å². The lowest BCUT2D eigenvalue weighted by molar-refractivity contribution is 0.215. The van der Waals surface area contributed by atoms with Crippen LogP contribution in [0.15, 0.2) is 84.4 Å². The number of rotatable bonds is 4. The Labute approximate surface area is 169 Å². The predicted molar refractivity (Wildman–Crippen MR) is 118 cm³/mol. The molecule has 1 unspecified atom stereocenters. The highest BCUT2D eigenvalue weighted by atomic mass is 32.1. The molecule has 0 amide bonds. The Balaban J connectivity index is 1.43. The van der Waals surface area contributed by atoms with Crippen LogP contribution in [0.5, 0.6) is 0 Å². The summed E-state index contributed by atoms with van der Waals surface area (Å²) in [5.74, 6) is 0. The van der Waals surface area contributed by atoms with E-state index in [9.17, 15) is 0 Å². The molecule has 0 radical (unpaired) electrons. The van der Waals surface area contributed by atoms with Crippen LogP contribution in [0.3, 0.4) is 0 Å².